The third-order valence-corrected chi connectivity index (χ3v) is 11.0. The molecule has 2 aromatic carbocycles. The summed E-state index contributed by atoms with van der Waals surface area (Å²) in [4.78, 5) is 69.0. The Kier molecular flexibility index (Phi) is 16.5. The number of nitrogens with one attached hydrogen (secondary N) is 1. The average molecular weight is 790 g/mol. The molecule has 0 unspecified atom stereocenters. The van der Waals surface area contributed by atoms with Gasteiger partial charge in [0.25, 0.3) is 11.8 Å². The average Bonchev–Trinajstić information content (AvgIpc) is 3.18. The van der Waals surface area contributed by atoms with Crippen LogP contribution >= 0.6 is 0 Å². The number of aromatic nitrogens is 1. The van der Waals surface area contributed by atoms with Crippen LogP contribution in [0.25, 0.3) is 0 Å². The van der Waals surface area contributed by atoms with Gasteiger partial charge in [0.15, 0.2) is 11.7 Å². The third-order valence-electron chi connectivity index (χ3n) is 11.0. The molecule has 10 nitrogen and oxygen atoms in total. The molecule has 2 amide bonds. The normalized spacial score (nSPS) is 16.2. The standard InChI is InChI=1S/C45H57F2N3O7/c1-3-4-5-6-7-8-9-10-11-12-13-18-41(52)57-30-34-17-15-14-16-32(34)25-36(51)21-22-37-42-45(55)50-31(2)23-24-56-40(50)29-49(42)28-38(43(37)53)44(54)48-27-33-19-20-35(46)26-39(33)47/h14-17,19-20,26,28,31,40H,3-13,18,21-25,27,29-30H2,1-2H3,(H,48,54)/t31-,40+/m1/s1. The van der Waals surface area contributed by atoms with Gasteiger partial charge in [-0.3, -0.25) is 24.0 Å². The van der Waals surface area contributed by atoms with Gasteiger partial charge in [-0.05, 0) is 43.4 Å². The molecule has 2 aliphatic rings. The zero-order valence-electron chi connectivity index (χ0n) is 33.4. The summed E-state index contributed by atoms with van der Waals surface area (Å²) in [7, 11) is 0. The highest BCUT2D eigenvalue weighted by atomic mass is 19.1. The van der Waals surface area contributed by atoms with Crippen molar-refractivity contribution in [3.05, 3.63) is 104 Å². The fourth-order valence-electron chi connectivity index (χ4n) is 7.69. The van der Waals surface area contributed by atoms with Gasteiger partial charge in [-0.1, -0.05) is 101 Å². The monoisotopic (exact) mass is 789 g/mol. The highest BCUT2D eigenvalue weighted by Crippen LogP contribution is 2.28. The summed E-state index contributed by atoms with van der Waals surface area (Å²) in [6.07, 6.45) is 14.6. The zero-order valence-corrected chi connectivity index (χ0v) is 33.4. The quantitative estimate of drug-likeness (QED) is 0.0806. The van der Waals surface area contributed by atoms with Crippen LogP contribution in [-0.4, -0.2) is 51.9 Å². The number of rotatable bonds is 22. The van der Waals surface area contributed by atoms with Gasteiger partial charge < -0.3 is 24.3 Å². The maximum Gasteiger partial charge on any atom is 0.306 e. The molecule has 2 aliphatic heterocycles. The molecule has 0 aliphatic carbocycles. The fourth-order valence-corrected chi connectivity index (χ4v) is 7.69. The van der Waals surface area contributed by atoms with Gasteiger partial charge in [-0.2, -0.15) is 0 Å². The maximum absolute atomic E-state index is 14.3. The highest BCUT2D eigenvalue weighted by Gasteiger charge is 2.40. The van der Waals surface area contributed by atoms with E-state index in [-0.39, 0.29) is 79.1 Å². The number of carbonyl (C=O) groups excluding carboxylic acids is 4. The summed E-state index contributed by atoms with van der Waals surface area (Å²) in [6.45, 7) is 4.50. The predicted octanol–water partition coefficient (Wildman–Crippen LogP) is 8.14. The lowest BCUT2D eigenvalue weighted by Crippen LogP contribution is -2.57. The number of esters is 1. The number of Topliss-reactive ketones (excluding diaryl/α,β-unsaturated/α-hetero) is 1. The minimum absolute atomic E-state index is 0.0201. The predicted molar refractivity (Wildman–Crippen MR) is 213 cm³/mol. The molecule has 308 valence electrons. The van der Waals surface area contributed by atoms with Gasteiger partial charge in [0, 0.05) is 55.2 Å². The molecule has 0 spiro atoms. The number of pyridine rings is 1. The lowest BCUT2D eigenvalue weighted by atomic mass is 9.96. The summed E-state index contributed by atoms with van der Waals surface area (Å²) >= 11 is 0. The molecule has 1 saturated heterocycles. The van der Waals surface area contributed by atoms with Crippen LogP contribution in [0.5, 0.6) is 0 Å². The smallest absolute Gasteiger partial charge is 0.306 e. The van der Waals surface area contributed by atoms with Gasteiger partial charge in [-0.25, -0.2) is 8.78 Å². The number of ether oxygens (including phenoxy) is 2. The second-order valence-corrected chi connectivity index (χ2v) is 15.4. The van der Waals surface area contributed by atoms with Crippen LogP contribution in [0.2, 0.25) is 0 Å². The fraction of sp³-hybridized carbons (Fsp3) is 0.533. The van der Waals surface area contributed by atoms with Crippen molar-refractivity contribution in [3.8, 4) is 0 Å². The Morgan fingerprint density at radius 2 is 1.56 bits per heavy atom. The van der Waals surface area contributed by atoms with Crippen molar-refractivity contribution in [3.63, 3.8) is 0 Å². The van der Waals surface area contributed by atoms with Crippen molar-refractivity contribution in [2.24, 2.45) is 0 Å². The van der Waals surface area contributed by atoms with Crippen LogP contribution in [0.3, 0.4) is 0 Å². The number of benzene rings is 2. The van der Waals surface area contributed by atoms with E-state index in [1.54, 1.807) is 17.0 Å². The van der Waals surface area contributed by atoms with Gasteiger partial charge in [0.05, 0.1) is 13.2 Å². The van der Waals surface area contributed by atoms with Crippen LogP contribution < -0.4 is 10.7 Å². The van der Waals surface area contributed by atoms with Gasteiger partial charge in [0.1, 0.15) is 35.3 Å². The Balaban J connectivity index is 1.19. The third kappa shape index (κ3) is 12.1. The second-order valence-electron chi connectivity index (χ2n) is 15.4. The molecule has 0 radical (unpaired) electrons. The summed E-state index contributed by atoms with van der Waals surface area (Å²) in [5.74, 6) is -3.30. The summed E-state index contributed by atoms with van der Waals surface area (Å²) < 4.78 is 40.7. The SMILES string of the molecule is CCCCCCCCCCCCCC(=O)OCc1ccccc1CC(=O)CCc1c2n(cc(C(=O)NCc3ccc(F)cc3F)c1=O)C[C@@H]1OCC[C@@H](C)N1C2=O. The lowest BCUT2D eigenvalue weighted by Gasteiger charge is -2.44. The van der Waals surface area contributed by atoms with E-state index < -0.39 is 35.1 Å². The van der Waals surface area contributed by atoms with E-state index >= 15 is 0 Å². The molecule has 2 atom stereocenters. The Labute approximate surface area is 334 Å². The van der Waals surface area contributed by atoms with E-state index in [0.717, 1.165) is 25.3 Å². The first kappa shape index (κ1) is 43.4. The number of amides is 2. The first-order chi connectivity index (χ1) is 27.6. The first-order valence-corrected chi connectivity index (χ1v) is 20.7. The molecule has 5 rings (SSSR count). The van der Waals surface area contributed by atoms with Crippen molar-refractivity contribution in [2.75, 3.05) is 6.61 Å². The van der Waals surface area contributed by atoms with E-state index in [0.29, 0.717) is 36.6 Å². The number of halogens is 2. The van der Waals surface area contributed by atoms with Gasteiger partial charge in [-0.15, -0.1) is 0 Å². The van der Waals surface area contributed by atoms with Crippen molar-refractivity contribution >= 4 is 23.6 Å². The van der Waals surface area contributed by atoms with Crippen molar-refractivity contribution < 1.29 is 37.4 Å². The van der Waals surface area contributed by atoms with E-state index in [4.69, 9.17) is 9.47 Å². The number of ketones is 1. The minimum atomic E-state index is -0.842. The number of fused-ring (bicyclic) bond motifs is 2. The molecular formula is C45H57F2N3O7. The number of hydrogen-bond acceptors (Lipinski definition) is 7. The number of unbranched alkanes of at least 4 members (excludes halogenated alkanes) is 10. The molecule has 1 aromatic heterocycles. The Hall–Kier alpha value is -4.71. The van der Waals surface area contributed by atoms with Crippen LogP contribution in [0.4, 0.5) is 8.78 Å². The largest absolute Gasteiger partial charge is 0.461 e. The minimum Gasteiger partial charge on any atom is -0.461 e. The topological polar surface area (TPSA) is 124 Å². The molecule has 0 saturated carbocycles. The van der Waals surface area contributed by atoms with Crippen molar-refractivity contribution in [2.45, 2.75) is 149 Å². The lowest BCUT2D eigenvalue weighted by molar-refractivity contribution is -0.145. The zero-order chi connectivity index (χ0) is 40.7. The molecule has 1 N–H and O–H groups in total. The Morgan fingerprint density at radius 3 is 2.26 bits per heavy atom. The molecular weight excluding hydrogens is 733 g/mol. The molecule has 0 bridgehead atoms. The molecule has 57 heavy (non-hydrogen) atoms. The first-order valence-electron chi connectivity index (χ1n) is 20.7. The number of hydrogen-bond donors (Lipinski definition) is 1. The Bertz CT molecular complexity index is 1930. The van der Waals surface area contributed by atoms with E-state index in [1.165, 1.54) is 68.2 Å². The Morgan fingerprint density at radius 1 is 0.877 bits per heavy atom. The van der Waals surface area contributed by atoms with Gasteiger partial charge in [0.2, 0.25) is 0 Å². The van der Waals surface area contributed by atoms with E-state index in [2.05, 4.69) is 12.2 Å². The molecule has 3 aromatic rings. The van der Waals surface area contributed by atoms with E-state index in [9.17, 15) is 32.8 Å². The van der Waals surface area contributed by atoms with Crippen LogP contribution in [-0.2, 0) is 51.6 Å². The second kappa shape index (κ2) is 21.7. The molecule has 1 fully saturated rings. The molecule has 3 heterocycles. The van der Waals surface area contributed by atoms with Crippen molar-refractivity contribution in [1.29, 1.82) is 0 Å². The van der Waals surface area contributed by atoms with E-state index in [1.807, 2.05) is 19.1 Å². The number of carbonyl (C=O) groups is 4. The number of nitrogens with zero attached hydrogens (tertiary/aromatic N) is 2. The van der Waals surface area contributed by atoms with Crippen LogP contribution in [0, 0.1) is 11.6 Å². The van der Waals surface area contributed by atoms with Crippen LogP contribution in [0.1, 0.15) is 147 Å². The highest BCUT2D eigenvalue weighted by molar-refractivity contribution is 5.98. The summed E-state index contributed by atoms with van der Waals surface area (Å²) in [6, 6.07) is 10.1. The summed E-state index contributed by atoms with van der Waals surface area (Å²) in [5, 5.41) is 2.53. The maximum atomic E-state index is 14.3. The molecule has 12 heteroatoms. The van der Waals surface area contributed by atoms with Crippen molar-refractivity contribution in [1.82, 2.24) is 14.8 Å². The van der Waals surface area contributed by atoms with Crippen LogP contribution in [0.15, 0.2) is 53.5 Å². The summed E-state index contributed by atoms with van der Waals surface area (Å²) in [5.41, 5.74) is 0.615. The van der Waals surface area contributed by atoms with Gasteiger partial charge >= 0.3 is 5.97 Å².